The predicted molar refractivity (Wildman–Crippen MR) is 79.4 cm³/mol. The van der Waals surface area contributed by atoms with Crippen molar-refractivity contribution in [2.45, 2.75) is 31.7 Å². The number of amides is 1. The minimum absolute atomic E-state index is 0.249. The molecule has 8 heteroatoms. The molecule has 0 spiro atoms. The molecule has 0 aliphatic heterocycles. The van der Waals surface area contributed by atoms with E-state index in [4.69, 9.17) is 5.21 Å². The van der Waals surface area contributed by atoms with Crippen LogP contribution in [0.5, 0.6) is 0 Å². The lowest BCUT2D eigenvalue weighted by molar-refractivity contribution is -0.514. The van der Waals surface area contributed by atoms with Gasteiger partial charge in [0.15, 0.2) is 5.71 Å². The Kier molecular flexibility index (Phi) is 5.18. The summed E-state index contributed by atoms with van der Waals surface area (Å²) in [5, 5.41) is 25.6. The van der Waals surface area contributed by atoms with Gasteiger partial charge in [-0.25, -0.2) is 0 Å². The molecule has 0 aromatic carbocycles. The molecule has 1 aromatic heterocycles. The van der Waals surface area contributed by atoms with Crippen LogP contribution in [0, 0.1) is 10.1 Å². The molecule has 116 valence electrons. The zero-order valence-electron chi connectivity index (χ0n) is 11.8. The number of nitrogens with zero attached hydrogens (tertiary/aromatic N) is 3. The zero-order valence-corrected chi connectivity index (χ0v) is 11.8. The number of hydrogen-bond acceptors (Lipinski definition) is 6. The first kappa shape index (κ1) is 15.6. The maximum atomic E-state index is 12.1. The molecule has 8 nitrogen and oxygen atoms in total. The first-order valence-corrected chi connectivity index (χ1v) is 6.89. The van der Waals surface area contributed by atoms with Crippen molar-refractivity contribution in [3.63, 3.8) is 0 Å². The van der Waals surface area contributed by atoms with Gasteiger partial charge in [0.25, 0.3) is 5.91 Å². The minimum Gasteiger partial charge on any atom is -0.410 e. The highest BCUT2D eigenvalue weighted by molar-refractivity contribution is 6.47. The normalized spacial score (nSPS) is 20.6. The van der Waals surface area contributed by atoms with E-state index in [0.717, 1.165) is 12.8 Å². The molecule has 1 amide bonds. The van der Waals surface area contributed by atoms with Crippen LogP contribution in [0.1, 0.15) is 25.7 Å². The average Bonchev–Trinajstić information content (AvgIpc) is 2.53. The first-order valence-electron chi connectivity index (χ1n) is 6.89. The fourth-order valence-electron chi connectivity index (χ4n) is 2.37. The lowest BCUT2D eigenvalue weighted by Crippen LogP contribution is -2.28. The maximum Gasteiger partial charge on any atom is 0.277 e. The number of pyridine rings is 1. The highest BCUT2D eigenvalue weighted by Gasteiger charge is 2.29. The second-order valence-corrected chi connectivity index (χ2v) is 4.94. The van der Waals surface area contributed by atoms with Gasteiger partial charge in [-0.3, -0.25) is 19.9 Å². The number of nitrogens with one attached hydrogen (secondary N) is 1. The number of hydrogen-bond donors (Lipinski definition) is 2. The smallest absolute Gasteiger partial charge is 0.277 e. The van der Waals surface area contributed by atoms with Gasteiger partial charge in [0.05, 0.1) is 0 Å². The quantitative estimate of drug-likeness (QED) is 0.382. The molecule has 1 fully saturated rings. The highest BCUT2D eigenvalue weighted by atomic mass is 16.6. The van der Waals surface area contributed by atoms with Gasteiger partial charge in [-0.2, -0.15) is 0 Å². The molecule has 22 heavy (non-hydrogen) atoms. The Morgan fingerprint density at radius 3 is 2.82 bits per heavy atom. The third-order valence-electron chi connectivity index (χ3n) is 3.48. The van der Waals surface area contributed by atoms with Gasteiger partial charge in [-0.1, -0.05) is 5.16 Å². The number of aromatic nitrogens is 1. The Bertz CT molecular complexity index is 613. The van der Waals surface area contributed by atoms with Crippen LogP contribution in [0.25, 0.3) is 0 Å². The summed E-state index contributed by atoms with van der Waals surface area (Å²) in [5.74, 6) is -0.631. The highest BCUT2D eigenvalue weighted by Crippen LogP contribution is 2.25. The second-order valence-electron chi connectivity index (χ2n) is 4.94. The Morgan fingerprint density at radius 1 is 1.45 bits per heavy atom. The van der Waals surface area contributed by atoms with Crippen LogP contribution in [-0.4, -0.2) is 32.8 Å². The van der Waals surface area contributed by atoms with Crippen molar-refractivity contribution in [1.82, 2.24) is 4.98 Å². The number of carbonyl (C=O) groups is 1. The summed E-state index contributed by atoms with van der Waals surface area (Å²) in [4.78, 5) is 26.6. The number of nitro groups is 1. The summed E-state index contributed by atoms with van der Waals surface area (Å²) in [7, 11) is 0. The van der Waals surface area contributed by atoms with E-state index in [0.29, 0.717) is 24.1 Å². The number of rotatable bonds is 4. The Morgan fingerprint density at radius 2 is 2.18 bits per heavy atom. The van der Waals surface area contributed by atoms with Crippen LogP contribution >= 0.6 is 0 Å². The number of anilines is 1. The lowest BCUT2D eigenvalue weighted by Gasteiger charge is -2.18. The fraction of sp³-hybridized carbons (Fsp3) is 0.357. The number of oxime groups is 1. The van der Waals surface area contributed by atoms with Crippen molar-refractivity contribution in [2.75, 3.05) is 5.32 Å². The standard InChI is InChI=1S/C14H16N4O4/c19-14(16-11-5-7-15-8-6-11)12(17-20)9-10-3-1-2-4-13(10)18(21)22/h5-9,13,20H,1-4H2,(H,15,16,19)/b10-9+,17-12+. The Hall–Kier alpha value is -2.77. The van der Waals surface area contributed by atoms with E-state index in [2.05, 4.69) is 15.5 Å². The number of carbonyl (C=O) groups excluding carboxylic acids is 1. The molecular weight excluding hydrogens is 288 g/mol. The summed E-state index contributed by atoms with van der Waals surface area (Å²) in [6.07, 6.45) is 6.88. The van der Waals surface area contributed by atoms with Crippen molar-refractivity contribution in [3.8, 4) is 0 Å². The van der Waals surface area contributed by atoms with Gasteiger partial charge in [-0.05, 0) is 37.5 Å². The van der Waals surface area contributed by atoms with Crippen LogP contribution < -0.4 is 5.32 Å². The molecule has 1 aliphatic carbocycles. The molecule has 1 unspecified atom stereocenters. The van der Waals surface area contributed by atoms with Gasteiger partial charge in [-0.15, -0.1) is 0 Å². The fourth-order valence-corrected chi connectivity index (χ4v) is 2.37. The van der Waals surface area contributed by atoms with Crippen LogP contribution in [0.2, 0.25) is 0 Å². The lowest BCUT2D eigenvalue weighted by atomic mass is 9.89. The predicted octanol–water partition coefficient (Wildman–Crippen LogP) is 2.00. The minimum atomic E-state index is -0.820. The largest absolute Gasteiger partial charge is 0.410 e. The molecule has 2 N–H and O–H groups in total. The summed E-state index contributed by atoms with van der Waals surface area (Å²) in [5.41, 5.74) is 0.753. The van der Waals surface area contributed by atoms with E-state index in [1.165, 1.54) is 18.5 Å². The van der Waals surface area contributed by atoms with Crippen molar-refractivity contribution < 1.29 is 14.9 Å². The summed E-state index contributed by atoms with van der Waals surface area (Å²) in [6, 6.07) is 2.35. The molecule has 1 aromatic rings. The van der Waals surface area contributed by atoms with Gasteiger partial charge in [0, 0.05) is 35.0 Å². The SMILES string of the molecule is O=C(Nc1ccncc1)C(/C=C1\CCCCC1[N+](=O)[O-])=N/O. The van der Waals surface area contributed by atoms with E-state index < -0.39 is 11.9 Å². The van der Waals surface area contributed by atoms with E-state index in [1.54, 1.807) is 12.1 Å². The topological polar surface area (TPSA) is 118 Å². The monoisotopic (exact) mass is 304 g/mol. The molecule has 1 atom stereocenters. The molecule has 1 heterocycles. The molecule has 1 aliphatic rings. The van der Waals surface area contributed by atoms with E-state index >= 15 is 0 Å². The van der Waals surface area contributed by atoms with Crippen molar-refractivity contribution >= 4 is 17.3 Å². The second kappa shape index (κ2) is 7.30. The van der Waals surface area contributed by atoms with Gasteiger partial charge in [0.2, 0.25) is 6.04 Å². The van der Waals surface area contributed by atoms with Gasteiger partial charge < -0.3 is 10.5 Å². The summed E-state index contributed by atoms with van der Waals surface area (Å²) < 4.78 is 0. The third-order valence-corrected chi connectivity index (χ3v) is 3.48. The molecule has 0 saturated heterocycles. The molecule has 0 bridgehead atoms. The Balaban J connectivity index is 2.15. The molecular formula is C14H16N4O4. The van der Waals surface area contributed by atoms with Crippen LogP contribution in [0.15, 0.2) is 41.3 Å². The average molecular weight is 304 g/mol. The summed E-state index contributed by atoms with van der Waals surface area (Å²) >= 11 is 0. The zero-order chi connectivity index (χ0) is 15.9. The maximum absolute atomic E-state index is 12.1. The van der Waals surface area contributed by atoms with E-state index in [9.17, 15) is 14.9 Å². The van der Waals surface area contributed by atoms with Crippen molar-refractivity contribution in [1.29, 1.82) is 0 Å². The van der Waals surface area contributed by atoms with Gasteiger partial charge in [0.1, 0.15) is 0 Å². The van der Waals surface area contributed by atoms with E-state index in [1.807, 2.05) is 0 Å². The van der Waals surface area contributed by atoms with E-state index in [-0.39, 0.29) is 10.6 Å². The molecule has 2 rings (SSSR count). The summed E-state index contributed by atoms with van der Waals surface area (Å²) in [6.45, 7) is 0. The van der Waals surface area contributed by atoms with Gasteiger partial charge >= 0.3 is 0 Å². The van der Waals surface area contributed by atoms with Crippen LogP contribution in [0.3, 0.4) is 0 Å². The van der Waals surface area contributed by atoms with Crippen LogP contribution in [0.4, 0.5) is 5.69 Å². The van der Waals surface area contributed by atoms with Crippen molar-refractivity contribution in [3.05, 3.63) is 46.3 Å². The third kappa shape index (κ3) is 3.87. The molecule has 1 saturated carbocycles. The molecule has 0 radical (unpaired) electrons. The van der Waals surface area contributed by atoms with Crippen LogP contribution in [-0.2, 0) is 4.79 Å². The van der Waals surface area contributed by atoms with Crippen molar-refractivity contribution in [2.24, 2.45) is 5.16 Å². The Labute approximate surface area is 126 Å². The first-order chi connectivity index (χ1) is 10.6.